The Bertz CT molecular complexity index is 867. The third-order valence-corrected chi connectivity index (χ3v) is 3.87. The SMILES string of the molecule is CC(=O)Nc1ccn([C@@H]2O[C@H](COC(C)=O)[C@@H](OC(C)=O)[C@H]2NC(C)=O)c(=O)n1. The summed E-state index contributed by atoms with van der Waals surface area (Å²) in [6, 6.07) is 0.417. The van der Waals surface area contributed by atoms with Crippen LogP contribution in [0, 0.1) is 0 Å². The Balaban J connectivity index is 2.40. The summed E-state index contributed by atoms with van der Waals surface area (Å²) in [6.07, 6.45) is -1.75. The van der Waals surface area contributed by atoms with Crippen LogP contribution in [0.5, 0.6) is 0 Å². The van der Waals surface area contributed by atoms with E-state index in [0.29, 0.717) is 0 Å². The van der Waals surface area contributed by atoms with Crippen LogP contribution in [0.15, 0.2) is 17.1 Å². The molecule has 2 rings (SSSR count). The first-order valence-corrected chi connectivity index (χ1v) is 8.68. The molecular formula is C17H22N4O8. The minimum atomic E-state index is -1.10. The number of hydrogen-bond acceptors (Lipinski definition) is 9. The van der Waals surface area contributed by atoms with Gasteiger partial charge in [0, 0.05) is 33.9 Å². The molecular weight excluding hydrogens is 388 g/mol. The average molecular weight is 410 g/mol. The van der Waals surface area contributed by atoms with Crippen molar-refractivity contribution >= 4 is 29.6 Å². The lowest BCUT2D eigenvalue weighted by Crippen LogP contribution is -2.49. The fraction of sp³-hybridized carbons (Fsp3) is 0.529. The lowest BCUT2D eigenvalue weighted by atomic mass is 10.1. The Morgan fingerprint density at radius 2 is 1.83 bits per heavy atom. The van der Waals surface area contributed by atoms with E-state index in [1.807, 2.05) is 0 Å². The lowest BCUT2D eigenvalue weighted by Gasteiger charge is -2.24. The summed E-state index contributed by atoms with van der Waals surface area (Å²) in [5, 5.41) is 4.98. The molecule has 0 aliphatic carbocycles. The zero-order valence-electron chi connectivity index (χ0n) is 16.3. The van der Waals surface area contributed by atoms with Crippen molar-refractivity contribution in [3.63, 3.8) is 0 Å². The van der Waals surface area contributed by atoms with Crippen LogP contribution in [0.4, 0.5) is 5.82 Å². The van der Waals surface area contributed by atoms with E-state index >= 15 is 0 Å². The molecule has 0 saturated carbocycles. The number of nitrogens with one attached hydrogen (secondary N) is 2. The van der Waals surface area contributed by atoms with Crippen LogP contribution < -0.4 is 16.3 Å². The van der Waals surface area contributed by atoms with Crippen molar-refractivity contribution in [3.8, 4) is 0 Å². The lowest BCUT2D eigenvalue weighted by molar-refractivity contribution is -0.156. The number of esters is 2. The predicted octanol–water partition coefficient (Wildman–Crippen LogP) is -0.901. The summed E-state index contributed by atoms with van der Waals surface area (Å²) < 4.78 is 17.1. The van der Waals surface area contributed by atoms with Crippen molar-refractivity contribution in [2.45, 2.75) is 52.2 Å². The molecule has 158 valence electrons. The molecule has 2 amide bonds. The van der Waals surface area contributed by atoms with E-state index in [1.54, 1.807) is 0 Å². The van der Waals surface area contributed by atoms with Crippen LogP contribution in [-0.2, 0) is 33.4 Å². The number of anilines is 1. The van der Waals surface area contributed by atoms with E-state index in [9.17, 15) is 24.0 Å². The standard InChI is InChI=1S/C17H22N4O8/c1-8(22)18-13-5-6-21(17(26)20-13)16-14(19-9(2)23)15(28-11(4)25)12(29-16)7-27-10(3)24/h5-6,12,14-16H,7H2,1-4H3,(H,19,23)(H,18,20,22,26)/t12-,14-,15-,16-/m1/s1. The van der Waals surface area contributed by atoms with Crippen molar-refractivity contribution in [1.82, 2.24) is 14.9 Å². The zero-order valence-corrected chi connectivity index (χ0v) is 16.3. The monoisotopic (exact) mass is 410 g/mol. The number of ether oxygens (including phenoxy) is 3. The Labute approximate surface area is 165 Å². The Kier molecular flexibility index (Phi) is 7.04. The summed E-state index contributed by atoms with van der Waals surface area (Å²) in [7, 11) is 0. The van der Waals surface area contributed by atoms with Crippen LogP contribution in [0.2, 0.25) is 0 Å². The van der Waals surface area contributed by atoms with E-state index in [2.05, 4.69) is 15.6 Å². The molecule has 1 aliphatic heterocycles. The molecule has 0 radical (unpaired) electrons. The van der Waals surface area contributed by atoms with Gasteiger partial charge in [0.05, 0.1) is 0 Å². The first kappa shape index (κ1) is 22.0. The highest BCUT2D eigenvalue weighted by Gasteiger charge is 2.49. The van der Waals surface area contributed by atoms with E-state index in [0.717, 1.165) is 4.57 Å². The molecule has 1 aliphatic rings. The number of amides is 2. The van der Waals surface area contributed by atoms with Crippen LogP contribution in [0.1, 0.15) is 33.9 Å². The molecule has 0 bridgehead atoms. The first-order valence-electron chi connectivity index (χ1n) is 8.68. The van der Waals surface area contributed by atoms with Gasteiger partial charge in [-0.25, -0.2) is 4.79 Å². The van der Waals surface area contributed by atoms with Gasteiger partial charge in [0.15, 0.2) is 12.3 Å². The van der Waals surface area contributed by atoms with E-state index in [-0.39, 0.29) is 12.4 Å². The number of carbonyl (C=O) groups excluding carboxylic acids is 4. The van der Waals surface area contributed by atoms with Crippen molar-refractivity contribution in [2.24, 2.45) is 0 Å². The van der Waals surface area contributed by atoms with Gasteiger partial charge >= 0.3 is 17.6 Å². The average Bonchev–Trinajstić information content (AvgIpc) is 2.89. The molecule has 0 spiro atoms. The molecule has 12 nitrogen and oxygen atoms in total. The van der Waals surface area contributed by atoms with Crippen LogP contribution in [-0.4, -0.2) is 58.2 Å². The number of aromatic nitrogens is 2. The Hall–Kier alpha value is -3.28. The normalized spacial score (nSPS) is 23.2. The second kappa shape index (κ2) is 9.28. The first-order chi connectivity index (χ1) is 13.6. The second-order valence-electron chi connectivity index (χ2n) is 6.35. The minimum absolute atomic E-state index is 0.0424. The van der Waals surface area contributed by atoms with Crippen molar-refractivity contribution in [1.29, 1.82) is 0 Å². The number of rotatable bonds is 6. The van der Waals surface area contributed by atoms with Gasteiger partial charge in [-0.3, -0.25) is 23.7 Å². The molecule has 1 saturated heterocycles. The summed E-state index contributed by atoms with van der Waals surface area (Å²) >= 11 is 0. The predicted molar refractivity (Wildman–Crippen MR) is 96.5 cm³/mol. The third kappa shape index (κ3) is 5.85. The summed E-state index contributed by atoms with van der Waals surface area (Å²) in [5.74, 6) is -2.04. The molecule has 2 heterocycles. The van der Waals surface area contributed by atoms with E-state index in [1.165, 1.54) is 40.0 Å². The van der Waals surface area contributed by atoms with Gasteiger partial charge in [0.25, 0.3) is 0 Å². The number of nitrogens with zero attached hydrogens (tertiary/aromatic N) is 2. The van der Waals surface area contributed by atoms with Crippen molar-refractivity contribution in [3.05, 3.63) is 22.7 Å². The molecule has 29 heavy (non-hydrogen) atoms. The van der Waals surface area contributed by atoms with Gasteiger partial charge in [-0.05, 0) is 6.07 Å². The quantitative estimate of drug-likeness (QED) is 0.568. The fourth-order valence-electron chi connectivity index (χ4n) is 2.89. The van der Waals surface area contributed by atoms with Gasteiger partial charge < -0.3 is 24.8 Å². The highest BCUT2D eigenvalue weighted by Crippen LogP contribution is 2.31. The largest absolute Gasteiger partial charge is 0.463 e. The second-order valence-corrected chi connectivity index (χ2v) is 6.35. The Morgan fingerprint density at radius 1 is 1.14 bits per heavy atom. The molecule has 12 heteroatoms. The maximum atomic E-state index is 12.5. The molecule has 1 aromatic heterocycles. The van der Waals surface area contributed by atoms with Gasteiger partial charge in [-0.15, -0.1) is 0 Å². The van der Waals surface area contributed by atoms with E-state index in [4.69, 9.17) is 14.2 Å². The van der Waals surface area contributed by atoms with Gasteiger partial charge in [-0.2, -0.15) is 4.98 Å². The fourth-order valence-corrected chi connectivity index (χ4v) is 2.89. The summed E-state index contributed by atoms with van der Waals surface area (Å²) in [5.41, 5.74) is -0.772. The third-order valence-electron chi connectivity index (χ3n) is 3.87. The highest BCUT2D eigenvalue weighted by atomic mass is 16.6. The molecule has 1 fully saturated rings. The summed E-state index contributed by atoms with van der Waals surface area (Å²) in [6.45, 7) is 4.64. The topological polar surface area (TPSA) is 155 Å². The summed E-state index contributed by atoms with van der Waals surface area (Å²) in [4.78, 5) is 61.8. The molecule has 1 aromatic rings. The number of carbonyl (C=O) groups is 4. The van der Waals surface area contributed by atoms with Crippen LogP contribution >= 0.6 is 0 Å². The van der Waals surface area contributed by atoms with Gasteiger partial charge in [0.1, 0.15) is 24.6 Å². The zero-order chi connectivity index (χ0) is 21.7. The molecule has 0 unspecified atom stereocenters. The molecule has 4 atom stereocenters. The smallest absolute Gasteiger partial charge is 0.351 e. The van der Waals surface area contributed by atoms with Crippen molar-refractivity contribution in [2.75, 3.05) is 11.9 Å². The van der Waals surface area contributed by atoms with E-state index < -0.39 is 53.9 Å². The van der Waals surface area contributed by atoms with Gasteiger partial charge in [-0.1, -0.05) is 0 Å². The Morgan fingerprint density at radius 3 is 2.34 bits per heavy atom. The van der Waals surface area contributed by atoms with Crippen LogP contribution in [0.3, 0.4) is 0 Å². The highest BCUT2D eigenvalue weighted by molar-refractivity contribution is 5.87. The maximum absolute atomic E-state index is 12.5. The number of hydrogen-bond donors (Lipinski definition) is 2. The van der Waals surface area contributed by atoms with Crippen LogP contribution in [0.25, 0.3) is 0 Å². The maximum Gasteiger partial charge on any atom is 0.351 e. The molecule has 0 aromatic carbocycles. The van der Waals surface area contributed by atoms with Gasteiger partial charge in [0.2, 0.25) is 11.8 Å². The minimum Gasteiger partial charge on any atom is -0.463 e. The van der Waals surface area contributed by atoms with Crippen molar-refractivity contribution < 1.29 is 33.4 Å². The molecule has 2 N–H and O–H groups in total.